The maximum absolute atomic E-state index is 14.3. The molecule has 244 valence electrons. The van der Waals surface area contributed by atoms with Crippen molar-refractivity contribution in [3.05, 3.63) is 102 Å². The molecule has 1 saturated heterocycles. The molecule has 2 aromatic carbocycles. The molecule has 0 aromatic heterocycles. The largest absolute Gasteiger partial charge is 0.508 e. The quantitative estimate of drug-likeness (QED) is 0.160. The second kappa shape index (κ2) is 10.8. The highest BCUT2D eigenvalue weighted by atomic mass is 16.6. The molecule has 48 heavy (non-hydrogen) atoms. The molecule has 0 bridgehead atoms. The molecule has 0 radical (unpaired) electrons. The lowest BCUT2D eigenvalue weighted by Crippen LogP contribution is -2.41. The van der Waals surface area contributed by atoms with E-state index >= 15 is 0 Å². The van der Waals surface area contributed by atoms with Gasteiger partial charge in [0.15, 0.2) is 17.3 Å². The van der Waals surface area contributed by atoms with Gasteiger partial charge in [-0.3, -0.25) is 39.4 Å². The number of carbonyl (C=O) groups is 4. The zero-order valence-corrected chi connectivity index (χ0v) is 26.0. The molecule has 3 aliphatic carbocycles. The number of nitro groups is 2. The van der Waals surface area contributed by atoms with Crippen LogP contribution in [-0.4, -0.2) is 52.4 Å². The highest BCUT2D eigenvalue weighted by molar-refractivity contribution is 6.25. The first-order valence-corrected chi connectivity index (χ1v) is 15.2. The Balaban J connectivity index is 1.33. The number of allylic oxidation sites excluding steroid dienone is 7. The van der Waals surface area contributed by atoms with Gasteiger partial charge in [-0.2, -0.15) is 0 Å². The van der Waals surface area contributed by atoms with E-state index < -0.39 is 56.7 Å². The lowest BCUT2D eigenvalue weighted by molar-refractivity contribution is -0.392. The van der Waals surface area contributed by atoms with E-state index in [4.69, 9.17) is 4.74 Å². The van der Waals surface area contributed by atoms with Crippen LogP contribution in [0.3, 0.4) is 0 Å². The molecule has 4 atom stereocenters. The van der Waals surface area contributed by atoms with Crippen LogP contribution in [0.5, 0.6) is 11.5 Å². The van der Waals surface area contributed by atoms with Crippen LogP contribution in [0.25, 0.3) is 0 Å². The number of ketones is 2. The number of rotatable bonds is 5. The van der Waals surface area contributed by atoms with Gasteiger partial charge in [-0.25, -0.2) is 4.90 Å². The SMILES string of the molecule is CC1=CC(=O)C2=C(C[C@@H]3C(=CC[C@@H]4C(=O)N(c5cc([N+](=O)[O-])c(N(C)C)c([N+](=O)[O-])c5)C(=O)[C@@H]43)[C@@H]2C2=COc3ccc(O)cc3C2)C1=O. The van der Waals surface area contributed by atoms with Crippen LogP contribution in [0.1, 0.15) is 25.3 Å². The fourth-order valence-electron chi connectivity index (χ4n) is 7.90. The molecule has 14 nitrogen and oxygen atoms in total. The van der Waals surface area contributed by atoms with Gasteiger partial charge >= 0.3 is 11.4 Å². The molecule has 0 spiro atoms. The fraction of sp³-hybridized carbons (Fsp3) is 0.294. The van der Waals surface area contributed by atoms with E-state index in [1.807, 2.05) is 6.08 Å². The van der Waals surface area contributed by atoms with Crippen molar-refractivity contribution in [2.24, 2.45) is 23.7 Å². The van der Waals surface area contributed by atoms with Gasteiger partial charge in [0.05, 0.1) is 33.6 Å². The molecule has 2 heterocycles. The summed E-state index contributed by atoms with van der Waals surface area (Å²) in [4.78, 5) is 79.9. The molecule has 2 amide bonds. The van der Waals surface area contributed by atoms with Crippen molar-refractivity contribution in [3.8, 4) is 11.5 Å². The highest BCUT2D eigenvalue weighted by Gasteiger charge is 2.57. The molecule has 2 aliphatic heterocycles. The van der Waals surface area contributed by atoms with Crippen molar-refractivity contribution in [2.45, 2.75) is 26.2 Å². The van der Waals surface area contributed by atoms with Crippen molar-refractivity contribution in [1.82, 2.24) is 0 Å². The number of nitrogens with zero attached hydrogens (tertiary/aromatic N) is 4. The average molecular weight is 653 g/mol. The van der Waals surface area contributed by atoms with Gasteiger partial charge in [-0.05, 0) is 55.5 Å². The van der Waals surface area contributed by atoms with Crippen LogP contribution in [-0.2, 0) is 25.6 Å². The lowest BCUT2D eigenvalue weighted by atomic mass is 9.58. The summed E-state index contributed by atoms with van der Waals surface area (Å²) in [5, 5.41) is 34.2. The lowest BCUT2D eigenvalue weighted by Gasteiger charge is -2.43. The minimum absolute atomic E-state index is 0.00677. The molecule has 1 fully saturated rings. The number of ether oxygens (including phenoxy) is 1. The van der Waals surface area contributed by atoms with Crippen molar-refractivity contribution < 1.29 is 38.9 Å². The summed E-state index contributed by atoms with van der Waals surface area (Å²) in [6.45, 7) is 1.54. The number of nitro benzene ring substituents is 2. The predicted molar refractivity (Wildman–Crippen MR) is 169 cm³/mol. The number of phenolic OH excluding ortho intramolecular Hbond substituents is 1. The fourth-order valence-corrected chi connectivity index (χ4v) is 7.90. The van der Waals surface area contributed by atoms with E-state index in [1.165, 1.54) is 37.4 Å². The summed E-state index contributed by atoms with van der Waals surface area (Å²) in [6.07, 6.45) is 5.01. The minimum Gasteiger partial charge on any atom is -0.508 e. The Bertz CT molecular complexity index is 2020. The molecule has 7 rings (SSSR count). The standard InChI is InChI=1S/C34H28N4O10/c1-15-8-26(40)30-23(32(15)41)13-22-20(28(30)17-9-16-10-19(39)4-7-27(16)48-14-17)5-6-21-29(22)34(43)36(33(21)42)18-11-24(37(44)45)31(35(2)3)25(12-18)38(46)47/h4-5,7-8,10-12,14,21-22,28-29,39H,6,9,13H2,1-3H3/t21-,22+,28-,29-/m0/s1. The van der Waals surface area contributed by atoms with E-state index in [-0.39, 0.29) is 64.7 Å². The number of hydrogen-bond acceptors (Lipinski definition) is 11. The van der Waals surface area contributed by atoms with Crippen LogP contribution in [0.15, 0.2) is 76.6 Å². The first kappa shape index (κ1) is 30.7. The molecule has 5 aliphatic rings. The van der Waals surface area contributed by atoms with E-state index in [0.29, 0.717) is 22.5 Å². The van der Waals surface area contributed by atoms with Crippen LogP contribution >= 0.6 is 0 Å². The first-order valence-electron chi connectivity index (χ1n) is 15.2. The normalized spacial score (nSPS) is 24.5. The Morgan fingerprint density at radius 3 is 2.31 bits per heavy atom. The average Bonchev–Trinajstić information content (AvgIpc) is 3.30. The van der Waals surface area contributed by atoms with Crippen molar-refractivity contribution >= 4 is 46.1 Å². The topological polar surface area (TPSA) is 190 Å². The van der Waals surface area contributed by atoms with E-state index in [2.05, 4.69) is 0 Å². The maximum atomic E-state index is 14.3. The Kier molecular flexibility index (Phi) is 6.93. The second-order valence-corrected chi connectivity index (χ2v) is 12.8. The third-order valence-electron chi connectivity index (χ3n) is 9.86. The number of fused-ring (bicyclic) bond motifs is 4. The number of imide groups is 1. The summed E-state index contributed by atoms with van der Waals surface area (Å²) >= 11 is 0. The summed E-state index contributed by atoms with van der Waals surface area (Å²) in [6, 6.07) is 6.64. The minimum atomic E-state index is -1.00. The molecule has 0 saturated carbocycles. The van der Waals surface area contributed by atoms with Crippen LogP contribution in [0.2, 0.25) is 0 Å². The van der Waals surface area contributed by atoms with Gasteiger partial charge < -0.3 is 14.7 Å². The molecule has 2 aromatic rings. The van der Waals surface area contributed by atoms with Crippen molar-refractivity contribution in [2.75, 3.05) is 23.9 Å². The van der Waals surface area contributed by atoms with E-state index in [1.54, 1.807) is 19.1 Å². The van der Waals surface area contributed by atoms with E-state index in [9.17, 15) is 44.5 Å². The Hall–Kier alpha value is -5.92. The van der Waals surface area contributed by atoms with Gasteiger partial charge in [0.1, 0.15) is 11.5 Å². The Morgan fingerprint density at radius 1 is 0.979 bits per heavy atom. The number of aromatic hydroxyl groups is 1. The smallest absolute Gasteiger partial charge is 0.301 e. The number of hydrogen-bond donors (Lipinski definition) is 1. The van der Waals surface area contributed by atoms with Gasteiger partial charge in [-0.1, -0.05) is 11.6 Å². The summed E-state index contributed by atoms with van der Waals surface area (Å²) in [5.41, 5.74) is 0.872. The second-order valence-electron chi connectivity index (χ2n) is 12.8. The molecule has 0 unspecified atom stereocenters. The van der Waals surface area contributed by atoms with Crippen LogP contribution in [0, 0.1) is 43.9 Å². The predicted octanol–water partition coefficient (Wildman–Crippen LogP) is 4.26. The number of benzene rings is 2. The monoisotopic (exact) mass is 652 g/mol. The molecular weight excluding hydrogens is 624 g/mol. The molecule has 1 N–H and O–H groups in total. The number of Topliss-reactive ketones (excluding diaryl/α,β-unsaturated/α-hetero) is 1. The summed E-state index contributed by atoms with van der Waals surface area (Å²) in [5.74, 6) is -4.86. The number of phenols is 1. The van der Waals surface area contributed by atoms with Gasteiger partial charge in [0, 0.05) is 60.8 Å². The Labute approximate surface area is 272 Å². The first-order chi connectivity index (χ1) is 22.8. The van der Waals surface area contributed by atoms with E-state index in [0.717, 1.165) is 17.0 Å². The Morgan fingerprint density at radius 2 is 1.67 bits per heavy atom. The number of amides is 2. The summed E-state index contributed by atoms with van der Waals surface area (Å²) < 4.78 is 5.90. The van der Waals surface area contributed by atoms with Crippen LogP contribution in [0.4, 0.5) is 22.7 Å². The zero-order valence-electron chi connectivity index (χ0n) is 26.0. The summed E-state index contributed by atoms with van der Waals surface area (Å²) in [7, 11) is 2.82. The van der Waals surface area contributed by atoms with Gasteiger partial charge in [0.25, 0.3) is 0 Å². The maximum Gasteiger partial charge on any atom is 0.301 e. The van der Waals surface area contributed by atoms with Crippen molar-refractivity contribution in [1.29, 1.82) is 0 Å². The number of anilines is 2. The molecule has 14 heteroatoms. The third-order valence-corrected chi connectivity index (χ3v) is 9.86. The van der Waals surface area contributed by atoms with Gasteiger partial charge in [0.2, 0.25) is 11.8 Å². The zero-order chi connectivity index (χ0) is 34.3. The van der Waals surface area contributed by atoms with Crippen LogP contribution < -0.4 is 14.5 Å². The third kappa shape index (κ3) is 4.47. The van der Waals surface area contributed by atoms with Gasteiger partial charge in [-0.15, -0.1) is 0 Å². The molecular formula is C34H28N4O10. The highest BCUT2D eigenvalue weighted by Crippen LogP contribution is 2.55. The number of carbonyl (C=O) groups excluding carboxylic acids is 4. The van der Waals surface area contributed by atoms with Crippen molar-refractivity contribution in [3.63, 3.8) is 0 Å².